The summed E-state index contributed by atoms with van der Waals surface area (Å²) in [5, 5.41) is 17.1. The van der Waals surface area contributed by atoms with Crippen LogP contribution in [-0.2, 0) is 0 Å². The first-order valence-corrected chi connectivity index (χ1v) is 7.20. The molecule has 0 bridgehead atoms. The molecule has 2 aromatic rings. The van der Waals surface area contributed by atoms with Crippen LogP contribution in [-0.4, -0.2) is 32.9 Å². The molecule has 5 nitrogen and oxygen atoms in total. The third kappa shape index (κ3) is 2.83. The van der Waals surface area contributed by atoms with E-state index in [9.17, 15) is 9.90 Å². The first kappa shape index (κ1) is 13.8. The molecule has 1 aromatic heterocycles. The number of para-hydroxylation sites is 1. The van der Waals surface area contributed by atoms with E-state index in [4.69, 9.17) is 0 Å². The highest BCUT2D eigenvalue weighted by Gasteiger charge is 2.34. The van der Waals surface area contributed by atoms with Crippen molar-refractivity contribution < 1.29 is 9.90 Å². The Morgan fingerprint density at radius 1 is 1.38 bits per heavy atom. The summed E-state index contributed by atoms with van der Waals surface area (Å²) in [4.78, 5) is 12.1. The van der Waals surface area contributed by atoms with Crippen LogP contribution < -0.4 is 5.32 Å². The van der Waals surface area contributed by atoms with Crippen LogP contribution in [0.25, 0.3) is 5.69 Å². The van der Waals surface area contributed by atoms with Crippen molar-refractivity contribution in [2.45, 2.75) is 31.8 Å². The first-order chi connectivity index (χ1) is 10.1. The maximum atomic E-state index is 12.1. The predicted molar refractivity (Wildman–Crippen MR) is 79.4 cm³/mol. The fourth-order valence-electron chi connectivity index (χ4n) is 2.51. The maximum absolute atomic E-state index is 12.1. The van der Waals surface area contributed by atoms with Gasteiger partial charge in [-0.3, -0.25) is 4.79 Å². The van der Waals surface area contributed by atoms with Gasteiger partial charge in [0.1, 0.15) is 0 Å². The molecule has 1 fully saturated rings. The molecule has 1 aromatic carbocycles. The van der Waals surface area contributed by atoms with Crippen LogP contribution in [0, 0.1) is 6.92 Å². The number of aryl methyl sites for hydroxylation is 1. The average Bonchev–Trinajstić information content (AvgIpc) is 2.86. The Labute approximate surface area is 123 Å². The van der Waals surface area contributed by atoms with E-state index in [1.54, 1.807) is 10.7 Å². The van der Waals surface area contributed by atoms with Crippen LogP contribution in [0.1, 0.15) is 35.4 Å². The lowest BCUT2D eigenvalue weighted by atomic mass is 9.80. The lowest BCUT2D eigenvalue weighted by Gasteiger charge is -2.36. The van der Waals surface area contributed by atoms with Crippen molar-refractivity contribution in [3.8, 4) is 5.69 Å². The van der Waals surface area contributed by atoms with Crippen molar-refractivity contribution >= 4 is 5.91 Å². The first-order valence-electron chi connectivity index (χ1n) is 7.20. The number of aromatic nitrogens is 2. The second-order valence-electron chi connectivity index (χ2n) is 5.68. The fourth-order valence-corrected chi connectivity index (χ4v) is 2.51. The molecule has 1 aliphatic carbocycles. The summed E-state index contributed by atoms with van der Waals surface area (Å²) < 4.78 is 1.74. The Kier molecular flexibility index (Phi) is 3.51. The predicted octanol–water partition coefficient (Wildman–Crippen LogP) is 1.83. The van der Waals surface area contributed by atoms with Gasteiger partial charge in [-0.25, -0.2) is 4.68 Å². The number of rotatable bonds is 4. The van der Waals surface area contributed by atoms with Gasteiger partial charge < -0.3 is 10.4 Å². The third-order valence-corrected chi connectivity index (χ3v) is 3.98. The highest BCUT2D eigenvalue weighted by Crippen LogP contribution is 2.30. The van der Waals surface area contributed by atoms with E-state index in [-0.39, 0.29) is 5.91 Å². The summed E-state index contributed by atoms with van der Waals surface area (Å²) in [6.07, 6.45) is 2.53. The van der Waals surface area contributed by atoms with Gasteiger partial charge in [0.05, 0.1) is 11.3 Å². The van der Waals surface area contributed by atoms with Gasteiger partial charge >= 0.3 is 0 Å². The molecule has 2 N–H and O–H groups in total. The molecule has 1 saturated carbocycles. The normalized spacial score (nSPS) is 16.3. The number of carbonyl (C=O) groups excluding carboxylic acids is 1. The largest absolute Gasteiger partial charge is 0.388 e. The molecule has 1 amide bonds. The minimum absolute atomic E-state index is 0.242. The number of amides is 1. The highest BCUT2D eigenvalue weighted by atomic mass is 16.3. The molecule has 1 aliphatic rings. The molecular formula is C16H19N3O2. The zero-order valence-electron chi connectivity index (χ0n) is 12.0. The molecule has 0 unspecified atom stereocenters. The van der Waals surface area contributed by atoms with E-state index in [2.05, 4.69) is 10.4 Å². The van der Waals surface area contributed by atoms with E-state index in [0.29, 0.717) is 12.2 Å². The zero-order valence-corrected chi connectivity index (χ0v) is 12.0. The minimum Gasteiger partial charge on any atom is -0.388 e. The Morgan fingerprint density at radius 2 is 2.10 bits per heavy atom. The standard InChI is InChI=1S/C16H19N3O2/c1-12-10-14(15(20)17-11-16(21)8-5-9-16)18-19(12)13-6-3-2-4-7-13/h2-4,6-7,10,21H,5,8-9,11H2,1H3,(H,17,20). The molecule has 0 aliphatic heterocycles. The van der Waals surface area contributed by atoms with Crippen LogP contribution in [0.5, 0.6) is 0 Å². The van der Waals surface area contributed by atoms with Gasteiger partial charge in [0, 0.05) is 12.2 Å². The number of hydrogen-bond acceptors (Lipinski definition) is 3. The Morgan fingerprint density at radius 3 is 2.71 bits per heavy atom. The van der Waals surface area contributed by atoms with Crippen molar-refractivity contribution in [1.29, 1.82) is 0 Å². The number of hydrogen-bond donors (Lipinski definition) is 2. The molecular weight excluding hydrogens is 266 g/mol. The molecule has 21 heavy (non-hydrogen) atoms. The molecule has 0 atom stereocenters. The maximum Gasteiger partial charge on any atom is 0.271 e. The number of nitrogens with zero attached hydrogens (tertiary/aromatic N) is 2. The van der Waals surface area contributed by atoms with Crippen molar-refractivity contribution in [3.05, 3.63) is 47.8 Å². The van der Waals surface area contributed by atoms with Gasteiger partial charge in [0.15, 0.2) is 5.69 Å². The molecule has 5 heteroatoms. The lowest BCUT2D eigenvalue weighted by molar-refractivity contribution is -0.0300. The van der Waals surface area contributed by atoms with Crippen molar-refractivity contribution in [3.63, 3.8) is 0 Å². The Hall–Kier alpha value is -2.14. The summed E-state index contributed by atoms with van der Waals surface area (Å²) in [5.74, 6) is -0.242. The van der Waals surface area contributed by atoms with E-state index >= 15 is 0 Å². The van der Waals surface area contributed by atoms with Crippen LogP contribution in [0.2, 0.25) is 0 Å². The Balaban J connectivity index is 1.73. The van der Waals surface area contributed by atoms with Crippen LogP contribution in [0.15, 0.2) is 36.4 Å². The quantitative estimate of drug-likeness (QED) is 0.900. The van der Waals surface area contributed by atoms with Gasteiger partial charge in [-0.1, -0.05) is 18.2 Å². The van der Waals surface area contributed by atoms with E-state index in [1.165, 1.54) is 0 Å². The van der Waals surface area contributed by atoms with Gasteiger partial charge in [-0.05, 0) is 44.4 Å². The smallest absolute Gasteiger partial charge is 0.271 e. The van der Waals surface area contributed by atoms with Crippen LogP contribution in [0.4, 0.5) is 0 Å². The number of aliphatic hydroxyl groups is 1. The zero-order chi connectivity index (χ0) is 14.9. The van der Waals surface area contributed by atoms with Crippen LogP contribution in [0.3, 0.4) is 0 Å². The second kappa shape index (κ2) is 5.33. The van der Waals surface area contributed by atoms with E-state index in [0.717, 1.165) is 30.6 Å². The summed E-state index contributed by atoms with van der Waals surface area (Å²) in [5.41, 5.74) is 1.48. The topological polar surface area (TPSA) is 67.2 Å². The van der Waals surface area contributed by atoms with Gasteiger partial charge in [-0.15, -0.1) is 0 Å². The summed E-state index contributed by atoms with van der Waals surface area (Å²) >= 11 is 0. The summed E-state index contributed by atoms with van der Waals surface area (Å²) in [6, 6.07) is 11.4. The van der Waals surface area contributed by atoms with E-state index < -0.39 is 5.60 Å². The molecule has 1 heterocycles. The van der Waals surface area contributed by atoms with Crippen molar-refractivity contribution in [2.75, 3.05) is 6.54 Å². The fraction of sp³-hybridized carbons (Fsp3) is 0.375. The molecule has 3 rings (SSSR count). The Bertz CT molecular complexity index is 645. The third-order valence-electron chi connectivity index (χ3n) is 3.98. The molecule has 0 spiro atoms. The molecule has 0 saturated heterocycles. The summed E-state index contributed by atoms with van der Waals surface area (Å²) in [7, 11) is 0. The molecule has 110 valence electrons. The van der Waals surface area contributed by atoms with E-state index in [1.807, 2.05) is 37.3 Å². The second-order valence-corrected chi connectivity index (χ2v) is 5.68. The number of benzene rings is 1. The van der Waals surface area contributed by atoms with Crippen molar-refractivity contribution in [1.82, 2.24) is 15.1 Å². The highest BCUT2D eigenvalue weighted by molar-refractivity contribution is 5.92. The van der Waals surface area contributed by atoms with Gasteiger partial charge in [-0.2, -0.15) is 5.10 Å². The van der Waals surface area contributed by atoms with Gasteiger partial charge in [0.2, 0.25) is 0 Å². The number of carbonyl (C=O) groups is 1. The number of nitrogens with one attached hydrogen (secondary N) is 1. The SMILES string of the molecule is Cc1cc(C(=O)NCC2(O)CCC2)nn1-c1ccccc1. The van der Waals surface area contributed by atoms with Crippen molar-refractivity contribution in [2.24, 2.45) is 0 Å². The molecule has 0 radical (unpaired) electrons. The lowest BCUT2D eigenvalue weighted by Crippen LogP contribution is -2.47. The monoisotopic (exact) mass is 285 g/mol. The average molecular weight is 285 g/mol. The minimum atomic E-state index is -0.716. The van der Waals surface area contributed by atoms with Crippen LogP contribution >= 0.6 is 0 Å². The van der Waals surface area contributed by atoms with Gasteiger partial charge in [0.25, 0.3) is 5.91 Å². The summed E-state index contributed by atoms with van der Waals surface area (Å²) in [6.45, 7) is 2.21.